The number of rotatable bonds is 3. The molecule has 0 radical (unpaired) electrons. The van der Waals surface area contributed by atoms with Gasteiger partial charge in [-0.1, -0.05) is 30.3 Å². The zero-order valence-electron chi connectivity index (χ0n) is 10.5. The fourth-order valence-corrected chi connectivity index (χ4v) is 2.80. The Bertz CT molecular complexity index is 737. The SMILES string of the molecule is Fc1cccc(-c2csc(Cc3ccccc3F)n2)c1. The molecule has 0 spiro atoms. The molecule has 0 amide bonds. The van der Waals surface area contributed by atoms with Gasteiger partial charge in [0.25, 0.3) is 0 Å². The third-order valence-electron chi connectivity index (χ3n) is 2.97. The van der Waals surface area contributed by atoms with E-state index in [0.717, 1.165) is 16.3 Å². The Labute approximate surface area is 119 Å². The molecule has 0 unspecified atom stereocenters. The molecule has 1 nitrogen and oxygen atoms in total. The van der Waals surface area contributed by atoms with Crippen LogP contribution >= 0.6 is 11.3 Å². The Kier molecular flexibility index (Phi) is 3.56. The molecule has 100 valence electrons. The first kappa shape index (κ1) is 12.9. The van der Waals surface area contributed by atoms with Crippen molar-refractivity contribution in [3.8, 4) is 11.3 Å². The molecule has 0 aliphatic heterocycles. The highest BCUT2D eigenvalue weighted by Gasteiger charge is 2.08. The van der Waals surface area contributed by atoms with Crippen molar-refractivity contribution in [3.63, 3.8) is 0 Å². The van der Waals surface area contributed by atoms with E-state index < -0.39 is 0 Å². The van der Waals surface area contributed by atoms with Gasteiger partial charge in [0, 0.05) is 17.4 Å². The Balaban J connectivity index is 1.86. The van der Waals surface area contributed by atoms with Gasteiger partial charge in [0.15, 0.2) is 0 Å². The van der Waals surface area contributed by atoms with E-state index in [1.54, 1.807) is 24.3 Å². The topological polar surface area (TPSA) is 12.9 Å². The Morgan fingerprint density at radius 3 is 2.65 bits per heavy atom. The smallest absolute Gasteiger partial charge is 0.126 e. The maximum atomic E-state index is 13.6. The number of nitrogens with zero attached hydrogens (tertiary/aromatic N) is 1. The van der Waals surface area contributed by atoms with Crippen molar-refractivity contribution >= 4 is 11.3 Å². The van der Waals surface area contributed by atoms with Gasteiger partial charge >= 0.3 is 0 Å². The third-order valence-corrected chi connectivity index (χ3v) is 3.82. The van der Waals surface area contributed by atoms with E-state index in [2.05, 4.69) is 4.98 Å². The number of hydrogen-bond acceptors (Lipinski definition) is 2. The monoisotopic (exact) mass is 287 g/mol. The first-order chi connectivity index (χ1) is 9.72. The van der Waals surface area contributed by atoms with Crippen LogP contribution in [0.4, 0.5) is 8.78 Å². The summed E-state index contributed by atoms with van der Waals surface area (Å²) in [7, 11) is 0. The average molecular weight is 287 g/mol. The lowest BCUT2D eigenvalue weighted by Crippen LogP contribution is -1.91. The van der Waals surface area contributed by atoms with Crippen LogP contribution < -0.4 is 0 Å². The van der Waals surface area contributed by atoms with Gasteiger partial charge in [-0.15, -0.1) is 11.3 Å². The summed E-state index contributed by atoms with van der Waals surface area (Å²) >= 11 is 1.45. The second kappa shape index (κ2) is 5.51. The number of aromatic nitrogens is 1. The molecule has 0 aliphatic carbocycles. The molecule has 2 aromatic carbocycles. The van der Waals surface area contributed by atoms with Crippen molar-refractivity contribution in [1.82, 2.24) is 4.98 Å². The van der Waals surface area contributed by atoms with Crippen LogP contribution in [0.3, 0.4) is 0 Å². The van der Waals surface area contributed by atoms with Crippen LogP contribution in [0.25, 0.3) is 11.3 Å². The van der Waals surface area contributed by atoms with Crippen LogP contribution in [-0.2, 0) is 6.42 Å². The maximum absolute atomic E-state index is 13.6. The van der Waals surface area contributed by atoms with Crippen LogP contribution in [0.1, 0.15) is 10.6 Å². The van der Waals surface area contributed by atoms with E-state index >= 15 is 0 Å². The molecule has 0 saturated heterocycles. The van der Waals surface area contributed by atoms with Crippen LogP contribution in [0.5, 0.6) is 0 Å². The largest absolute Gasteiger partial charge is 0.241 e. The van der Waals surface area contributed by atoms with Crippen LogP contribution in [-0.4, -0.2) is 4.98 Å². The van der Waals surface area contributed by atoms with Crippen molar-refractivity contribution in [1.29, 1.82) is 0 Å². The predicted molar refractivity (Wildman–Crippen MR) is 76.7 cm³/mol. The molecule has 0 saturated carbocycles. The predicted octanol–water partition coefficient (Wildman–Crippen LogP) is 4.68. The van der Waals surface area contributed by atoms with E-state index in [4.69, 9.17) is 0 Å². The van der Waals surface area contributed by atoms with Gasteiger partial charge in [-0.2, -0.15) is 0 Å². The molecule has 3 rings (SSSR count). The minimum atomic E-state index is -0.286. The lowest BCUT2D eigenvalue weighted by Gasteiger charge is -1.99. The quantitative estimate of drug-likeness (QED) is 0.681. The highest BCUT2D eigenvalue weighted by Crippen LogP contribution is 2.24. The van der Waals surface area contributed by atoms with Crippen LogP contribution in [0.2, 0.25) is 0 Å². The second-order valence-corrected chi connectivity index (χ2v) is 5.35. The fourth-order valence-electron chi connectivity index (χ4n) is 1.98. The molecular weight excluding hydrogens is 276 g/mol. The van der Waals surface area contributed by atoms with Gasteiger partial charge in [-0.3, -0.25) is 0 Å². The molecule has 1 heterocycles. The zero-order chi connectivity index (χ0) is 13.9. The second-order valence-electron chi connectivity index (χ2n) is 4.41. The summed E-state index contributed by atoms with van der Waals surface area (Å²) in [5.74, 6) is -0.513. The molecule has 0 bridgehead atoms. The van der Waals surface area contributed by atoms with Gasteiger partial charge in [0.2, 0.25) is 0 Å². The Morgan fingerprint density at radius 1 is 1.00 bits per heavy atom. The van der Waals surface area contributed by atoms with Gasteiger partial charge in [0.1, 0.15) is 11.6 Å². The number of benzene rings is 2. The fraction of sp³-hybridized carbons (Fsp3) is 0.0625. The molecule has 1 aromatic heterocycles. The standard InChI is InChI=1S/C16H11F2NS/c17-13-6-3-5-12(8-13)15-10-20-16(19-15)9-11-4-1-2-7-14(11)18/h1-8,10H,9H2. The highest BCUT2D eigenvalue weighted by atomic mass is 32.1. The van der Waals surface area contributed by atoms with Gasteiger partial charge in [0.05, 0.1) is 10.7 Å². The number of halogens is 2. The summed E-state index contributed by atoms with van der Waals surface area (Å²) in [6, 6.07) is 13.0. The van der Waals surface area contributed by atoms with Crippen molar-refractivity contribution in [2.45, 2.75) is 6.42 Å². The van der Waals surface area contributed by atoms with Crippen molar-refractivity contribution in [2.24, 2.45) is 0 Å². The summed E-state index contributed by atoms with van der Waals surface area (Å²) in [4.78, 5) is 4.44. The first-order valence-corrected chi connectivity index (χ1v) is 7.04. The number of hydrogen-bond donors (Lipinski definition) is 0. The van der Waals surface area contributed by atoms with Crippen LogP contribution in [0, 0.1) is 11.6 Å². The van der Waals surface area contributed by atoms with Crippen molar-refractivity contribution in [3.05, 3.63) is 76.1 Å². The lowest BCUT2D eigenvalue weighted by atomic mass is 10.1. The molecule has 4 heteroatoms. The van der Waals surface area contributed by atoms with Crippen molar-refractivity contribution in [2.75, 3.05) is 0 Å². The summed E-state index contributed by atoms with van der Waals surface area (Å²) in [6.45, 7) is 0. The third kappa shape index (κ3) is 2.75. The summed E-state index contributed by atoms with van der Waals surface area (Å²) in [5.41, 5.74) is 2.08. The Hall–Kier alpha value is -2.07. The highest BCUT2D eigenvalue weighted by molar-refractivity contribution is 7.10. The first-order valence-electron chi connectivity index (χ1n) is 6.16. The Morgan fingerprint density at radius 2 is 1.85 bits per heavy atom. The molecular formula is C16H11F2NS. The summed E-state index contributed by atoms with van der Waals surface area (Å²) in [5, 5.41) is 2.68. The van der Waals surface area contributed by atoms with E-state index in [1.807, 2.05) is 11.4 Å². The van der Waals surface area contributed by atoms with Crippen molar-refractivity contribution < 1.29 is 8.78 Å². The normalized spacial score (nSPS) is 10.7. The average Bonchev–Trinajstić information content (AvgIpc) is 2.90. The van der Waals surface area contributed by atoms with E-state index in [1.165, 1.54) is 29.5 Å². The molecule has 0 aliphatic rings. The molecule has 3 aromatic rings. The van der Waals surface area contributed by atoms with E-state index in [0.29, 0.717) is 12.0 Å². The molecule has 0 fully saturated rings. The van der Waals surface area contributed by atoms with E-state index in [-0.39, 0.29) is 11.6 Å². The summed E-state index contributed by atoms with van der Waals surface area (Å²) < 4.78 is 26.8. The molecule has 20 heavy (non-hydrogen) atoms. The van der Waals surface area contributed by atoms with E-state index in [9.17, 15) is 8.78 Å². The van der Waals surface area contributed by atoms with Gasteiger partial charge in [-0.05, 0) is 23.8 Å². The lowest BCUT2D eigenvalue weighted by molar-refractivity contribution is 0.614. The minimum Gasteiger partial charge on any atom is -0.241 e. The molecule has 0 atom stereocenters. The zero-order valence-corrected chi connectivity index (χ0v) is 11.3. The summed E-state index contributed by atoms with van der Waals surface area (Å²) in [6.07, 6.45) is 0.451. The minimum absolute atomic E-state index is 0.227. The van der Waals surface area contributed by atoms with Gasteiger partial charge < -0.3 is 0 Å². The van der Waals surface area contributed by atoms with Crippen LogP contribution in [0.15, 0.2) is 53.9 Å². The molecule has 0 N–H and O–H groups in total. The maximum Gasteiger partial charge on any atom is 0.126 e. The number of thiazole rings is 1. The van der Waals surface area contributed by atoms with Gasteiger partial charge in [-0.25, -0.2) is 13.8 Å².